The fourth-order valence-electron chi connectivity index (χ4n) is 2.78. The Morgan fingerprint density at radius 3 is 3.06 bits per heavy atom. The number of hydrogen-bond acceptors (Lipinski definition) is 5. The third-order valence-electron chi connectivity index (χ3n) is 4.09. The van der Waals surface area contributed by atoms with Crippen LogP contribution in [-0.2, 0) is 23.7 Å². The van der Waals surface area contributed by atoms with Crippen molar-refractivity contribution >= 4 is 0 Å². The SMILES string of the molecule is [2H]C[C@@]12CO[C@@H](CO1)[C@@H]2OCOC[C@H]1OCC[C@@H]1C. The first kappa shape index (κ1) is 11.6. The second-order valence-electron chi connectivity index (χ2n) is 5.48. The first-order chi connectivity index (χ1) is 9.25. The normalized spacial score (nSPS) is 47.7. The van der Waals surface area contributed by atoms with Crippen molar-refractivity contribution in [2.24, 2.45) is 5.92 Å². The van der Waals surface area contributed by atoms with Crippen LogP contribution >= 0.6 is 0 Å². The Kier molecular flexibility index (Phi) is 3.26. The highest BCUT2D eigenvalue weighted by Crippen LogP contribution is 2.37. The van der Waals surface area contributed by atoms with Crippen LogP contribution < -0.4 is 0 Å². The van der Waals surface area contributed by atoms with Crippen molar-refractivity contribution in [2.75, 3.05) is 33.2 Å². The molecule has 0 aromatic carbocycles. The number of rotatable bonds is 5. The number of fused-ring (bicyclic) bond motifs is 2. The molecule has 0 unspecified atom stereocenters. The summed E-state index contributed by atoms with van der Waals surface area (Å²) in [7, 11) is 0. The van der Waals surface area contributed by atoms with Crippen molar-refractivity contribution in [3.8, 4) is 0 Å². The summed E-state index contributed by atoms with van der Waals surface area (Å²) in [5.41, 5.74) is -0.578. The van der Waals surface area contributed by atoms with E-state index in [1.165, 1.54) is 0 Å². The van der Waals surface area contributed by atoms with Crippen LogP contribution in [-0.4, -0.2) is 57.1 Å². The summed E-state index contributed by atoms with van der Waals surface area (Å²) in [6.45, 7) is 4.91. The van der Waals surface area contributed by atoms with E-state index in [9.17, 15) is 0 Å². The fraction of sp³-hybridized carbons (Fsp3) is 1.00. The van der Waals surface area contributed by atoms with Gasteiger partial charge in [0.05, 0.1) is 25.9 Å². The standard InChI is InChI=1S/C13H22O5/c1-9-3-4-15-10(9)5-14-8-17-12-11-6-18-13(12,2)7-16-11/h9-12H,3-8H2,1-2H3/t9-,10+,11-,12-,13-/m0/s1/i2D. The van der Waals surface area contributed by atoms with E-state index in [1.54, 1.807) is 0 Å². The summed E-state index contributed by atoms with van der Waals surface area (Å²) in [6.07, 6.45) is 1.06. The molecule has 0 radical (unpaired) electrons. The quantitative estimate of drug-likeness (QED) is 0.543. The van der Waals surface area contributed by atoms with Crippen molar-refractivity contribution in [1.82, 2.24) is 0 Å². The largest absolute Gasteiger partial charge is 0.376 e. The van der Waals surface area contributed by atoms with E-state index in [0.717, 1.165) is 13.0 Å². The molecule has 3 fully saturated rings. The summed E-state index contributed by atoms with van der Waals surface area (Å²) >= 11 is 0. The van der Waals surface area contributed by atoms with Crippen molar-refractivity contribution in [2.45, 2.75) is 44.2 Å². The Labute approximate surface area is 109 Å². The van der Waals surface area contributed by atoms with Gasteiger partial charge >= 0.3 is 0 Å². The van der Waals surface area contributed by atoms with Gasteiger partial charge in [0.15, 0.2) is 0 Å². The van der Waals surface area contributed by atoms with Crippen LogP contribution in [0.25, 0.3) is 0 Å². The van der Waals surface area contributed by atoms with Gasteiger partial charge in [-0.2, -0.15) is 0 Å². The Hall–Kier alpha value is -0.200. The highest BCUT2D eigenvalue weighted by Gasteiger charge is 2.54. The zero-order valence-electron chi connectivity index (χ0n) is 11.8. The van der Waals surface area contributed by atoms with Crippen molar-refractivity contribution in [3.05, 3.63) is 0 Å². The highest BCUT2D eigenvalue weighted by molar-refractivity contribution is 5.01. The first-order valence-electron chi connectivity index (χ1n) is 7.31. The van der Waals surface area contributed by atoms with Gasteiger partial charge in [-0.3, -0.25) is 0 Å². The van der Waals surface area contributed by atoms with Gasteiger partial charge in [0.1, 0.15) is 24.6 Å². The Balaban J connectivity index is 1.41. The lowest BCUT2D eigenvalue weighted by atomic mass is 10.0. The Morgan fingerprint density at radius 2 is 2.39 bits per heavy atom. The van der Waals surface area contributed by atoms with Crippen LogP contribution in [0, 0.1) is 5.92 Å². The number of ether oxygens (including phenoxy) is 5. The predicted molar refractivity (Wildman–Crippen MR) is 63.3 cm³/mol. The van der Waals surface area contributed by atoms with E-state index < -0.39 is 5.60 Å². The zero-order valence-corrected chi connectivity index (χ0v) is 10.8. The van der Waals surface area contributed by atoms with E-state index in [2.05, 4.69) is 6.92 Å². The molecule has 0 amide bonds. The van der Waals surface area contributed by atoms with Crippen LogP contribution in [0.2, 0.25) is 0 Å². The molecule has 3 aliphatic rings. The van der Waals surface area contributed by atoms with E-state index in [-0.39, 0.29) is 32.0 Å². The molecule has 2 bridgehead atoms. The summed E-state index contributed by atoms with van der Waals surface area (Å²) in [4.78, 5) is 0. The summed E-state index contributed by atoms with van der Waals surface area (Å²) in [5, 5.41) is 0. The third kappa shape index (κ3) is 2.30. The van der Waals surface area contributed by atoms with Gasteiger partial charge in [0.25, 0.3) is 0 Å². The van der Waals surface area contributed by atoms with Gasteiger partial charge < -0.3 is 23.7 Å². The summed E-state index contributed by atoms with van der Waals surface area (Å²) in [5.74, 6) is 0.550. The maximum Gasteiger partial charge on any atom is 0.147 e. The lowest BCUT2D eigenvalue weighted by Crippen LogP contribution is -2.39. The second-order valence-corrected chi connectivity index (χ2v) is 5.48. The van der Waals surface area contributed by atoms with Gasteiger partial charge in [0, 0.05) is 7.98 Å². The molecule has 5 heteroatoms. The zero-order chi connectivity index (χ0) is 13.3. The molecule has 3 rings (SSSR count). The monoisotopic (exact) mass is 259 g/mol. The molecule has 0 spiro atoms. The van der Waals surface area contributed by atoms with Gasteiger partial charge in [-0.15, -0.1) is 0 Å². The summed E-state index contributed by atoms with van der Waals surface area (Å²) < 4.78 is 35.6. The van der Waals surface area contributed by atoms with E-state index in [4.69, 9.17) is 25.1 Å². The van der Waals surface area contributed by atoms with Crippen LogP contribution in [0.15, 0.2) is 0 Å². The predicted octanol–water partition coefficient (Wildman–Crippen LogP) is 0.958. The molecule has 0 saturated carbocycles. The molecule has 5 atom stereocenters. The molecule has 5 nitrogen and oxygen atoms in total. The minimum atomic E-state index is -0.578. The molecule has 0 N–H and O–H groups in total. The van der Waals surface area contributed by atoms with E-state index in [0.29, 0.717) is 25.7 Å². The maximum atomic E-state index is 7.60. The highest BCUT2D eigenvalue weighted by atomic mass is 16.7. The van der Waals surface area contributed by atoms with Gasteiger partial charge in [-0.1, -0.05) is 6.92 Å². The second kappa shape index (κ2) is 5.06. The molecular formula is C13H22O5. The topological polar surface area (TPSA) is 46.2 Å². The molecule has 3 heterocycles. The van der Waals surface area contributed by atoms with Crippen LogP contribution in [0.3, 0.4) is 0 Å². The maximum absolute atomic E-state index is 7.60. The lowest BCUT2D eigenvalue weighted by molar-refractivity contribution is -0.139. The first-order valence-corrected chi connectivity index (χ1v) is 6.61. The van der Waals surface area contributed by atoms with Crippen LogP contribution in [0.1, 0.15) is 21.6 Å². The van der Waals surface area contributed by atoms with Gasteiger partial charge in [-0.25, -0.2) is 0 Å². The molecule has 18 heavy (non-hydrogen) atoms. The lowest BCUT2D eigenvalue weighted by Gasteiger charge is -2.24. The fourth-order valence-corrected chi connectivity index (χ4v) is 2.78. The Bertz CT molecular complexity index is 305. The van der Waals surface area contributed by atoms with Crippen LogP contribution in [0.4, 0.5) is 0 Å². The third-order valence-corrected chi connectivity index (χ3v) is 4.09. The number of hydrogen-bond donors (Lipinski definition) is 0. The molecule has 0 aromatic heterocycles. The molecule has 3 saturated heterocycles. The average Bonchev–Trinajstić information content (AvgIpc) is 3.09. The van der Waals surface area contributed by atoms with E-state index >= 15 is 0 Å². The smallest absolute Gasteiger partial charge is 0.147 e. The van der Waals surface area contributed by atoms with E-state index in [1.807, 2.05) is 0 Å². The van der Waals surface area contributed by atoms with Crippen molar-refractivity contribution in [3.63, 3.8) is 0 Å². The molecule has 0 aromatic rings. The molecule has 3 aliphatic heterocycles. The van der Waals surface area contributed by atoms with Crippen molar-refractivity contribution < 1.29 is 25.1 Å². The average molecular weight is 259 g/mol. The van der Waals surface area contributed by atoms with Gasteiger partial charge in [-0.05, 0) is 19.2 Å². The minimum absolute atomic E-state index is 0.0457. The Morgan fingerprint density at radius 1 is 1.44 bits per heavy atom. The van der Waals surface area contributed by atoms with Crippen LogP contribution in [0.5, 0.6) is 0 Å². The van der Waals surface area contributed by atoms with Gasteiger partial charge in [0.2, 0.25) is 0 Å². The molecular weight excluding hydrogens is 236 g/mol. The molecule has 104 valence electrons. The summed E-state index contributed by atoms with van der Waals surface area (Å²) in [6, 6.07) is 0. The van der Waals surface area contributed by atoms with Crippen molar-refractivity contribution in [1.29, 1.82) is 0 Å². The molecule has 0 aliphatic carbocycles. The minimum Gasteiger partial charge on any atom is -0.376 e.